The molecule has 0 radical (unpaired) electrons. The van der Waals surface area contributed by atoms with Gasteiger partial charge in [-0.05, 0) is 25.5 Å². The van der Waals surface area contributed by atoms with Gasteiger partial charge in [-0.2, -0.15) is 9.78 Å². The third-order valence-electron chi connectivity index (χ3n) is 3.31. The van der Waals surface area contributed by atoms with E-state index in [4.69, 9.17) is 4.74 Å². The standard InChI is InChI=1S/C16H14N4O3S/c1-3-23-16(22)13-10(2)12-14(24-13)18-9-20(15(12)21)19-8-11-5-4-6-17-7-11/h4-9H,3H2,1-2H3/b19-8-. The van der Waals surface area contributed by atoms with Crippen LogP contribution in [0.2, 0.25) is 0 Å². The number of ether oxygens (including phenoxy) is 1. The summed E-state index contributed by atoms with van der Waals surface area (Å²) in [6, 6.07) is 3.60. The summed E-state index contributed by atoms with van der Waals surface area (Å²) in [5.41, 5.74) is 1.00. The van der Waals surface area contributed by atoms with Crippen LogP contribution >= 0.6 is 11.3 Å². The molecule has 0 aliphatic rings. The maximum Gasteiger partial charge on any atom is 0.348 e. The van der Waals surface area contributed by atoms with Gasteiger partial charge < -0.3 is 4.74 Å². The number of fused-ring (bicyclic) bond motifs is 1. The molecule has 0 saturated carbocycles. The van der Waals surface area contributed by atoms with Crippen molar-refractivity contribution in [1.29, 1.82) is 0 Å². The monoisotopic (exact) mass is 342 g/mol. The highest BCUT2D eigenvalue weighted by atomic mass is 32.1. The molecule has 0 aliphatic heterocycles. The van der Waals surface area contributed by atoms with Crippen molar-refractivity contribution >= 4 is 33.7 Å². The van der Waals surface area contributed by atoms with Crippen LogP contribution in [0.5, 0.6) is 0 Å². The fourth-order valence-corrected chi connectivity index (χ4v) is 3.20. The van der Waals surface area contributed by atoms with Crippen LogP contribution in [0.1, 0.15) is 27.7 Å². The molecule has 0 unspecified atom stereocenters. The summed E-state index contributed by atoms with van der Waals surface area (Å²) in [4.78, 5) is 33.7. The number of aromatic nitrogens is 3. The molecule has 0 amide bonds. The summed E-state index contributed by atoms with van der Waals surface area (Å²) in [5.74, 6) is -0.442. The Morgan fingerprint density at radius 1 is 1.50 bits per heavy atom. The molecule has 3 aromatic heterocycles. The van der Waals surface area contributed by atoms with E-state index in [0.29, 0.717) is 20.7 Å². The SMILES string of the molecule is CCOC(=O)c1sc2ncn(/N=C\c3cccnc3)c(=O)c2c1C. The molecule has 0 fully saturated rings. The van der Waals surface area contributed by atoms with E-state index in [0.717, 1.165) is 21.6 Å². The summed E-state index contributed by atoms with van der Waals surface area (Å²) in [6.45, 7) is 3.72. The first kappa shape index (κ1) is 16.0. The van der Waals surface area contributed by atoms with Crippen molar-refractivity contribution in [1.82, 2.24) is 14.6 Å². The Kier molecular flexibility index (Phi) is 4.48. The minimum absolute atomic E-state index is 0.277. The highest BCUT2D eigenvalue weighted by molar-refractivity contribution is 7.20. The molecule has 24 heavy (non-hydrogen) atoms. The summed E-state index contributed by atoms with van der Waals surface area (Å²) in [6.07, 6.45) is 6.15. The van der Waals surface area contributed by atoms with Crippen LogP contribution in [0, 0.1) is 6.92 Å². The normalized spacial score (nSPS) is 11.2. The van der Waals surface area contributed by atoms with E-state index in [1.165, 1.54) is 12.5 Å². The Morgan fingerprint density at radius 2 is 2.33 bits per heavy atom. The van der Waals surface area contributed by atoms with Gasteiger partial charge in [-0.15, -0.1) is 11.3 Å². The molecule has 3 rings (SSSR count). The lowest BCUT2D eigenvalue weighted by Gasteiger charge is -1.99. The number of carbonyl (C=O) groups is 1. The highest BCUT2D eigenvalue weighted by Gasteiger charge is 2.20. The summed E-state index contributed by atoms with van der Waals surface area (Å²) in [7, 11) is 0. The first-order chi connectivity index (χ1) is 11.6. The molecule has 0 atom stereocenters. The Balaban J connectivity index is 2.05. The predicted octanol–water partition coefficient (Wildman–Crippen LogP) is 2.22. The van der Waals surface area contributed by atoms with Crippen LogP contribution in [0.3, 0.4) is 0 Å². The minimum atomic E-state index is -0.442. The number of hydrogen-bond donors (Lipinski definition) is 0. The van der Waals surface area contributed by atoms with Crippen molar-refractivity contribution in [3.05, 3.63) is 57.2 Å². The average molecular weight is 342 g/mol. The van der Waals surface area contributed by atoms with Gasteiger partial charge in [-0.25, -0.2) is 9.78 Å². The van der Waals surface area contributed by atoms with Crippen molar-refractivity contribution in [2.24, 2.45) is 5.10 Å². The van der Waals surface area contributed by atoms with Crippen molar-refractivity contribution in [2.75, 3.05) is 6.61 Å². The summed E-state index contributed by atoms with van der Waals surface area (Å²) in [5, 5.41) is 4.51. The Labute approximate surface area is 141 Å². The molecule has 0 N–H and O–H groups in total. The highest BCUT2D eigenvalue weighted by Crippen LogP contribution is 2.27. The molecule has 0 bridgehead atoms. The zero-order valence-electron chi connectivity index (χ0n) is 13.1. The Hall–Kier alpha value is -2.87. The fourth-order valence-electron chi connectivity index (χ4n) is 2.17. The molecule has 0 aromatic carbocycles. The third-order valence-corrected chi connectivity index (χ3v) is 4.49. The number of rotatable bonds is 4. The third kappa shape index (κ3) is 2.95. The van der Waals surface area contributed by atoms with Crippen LogP contribution in [-0.2, 0) is 4.74 Å². The average Bonchev–Trinajstić information content (AvgIpc) is 2.93. The van der Waals surface area contributed by atoms with E-state index in [9.17, 15) is 9.59 Å². The maximum absolute atomic E-state index is 12.6. The lowest BCUT2D eigenvalue weighted by molar-refractivity contribution is 0.0531. The van der Waals surface area contributed by atoms with Gasteiger partial charge in [0.2, 0.25) is 0 Å². The summed E-state index contributed by atoms with van der Waals surface area (Å²) >= 11 is 1.15. The van der Waals surface area contributed by atoms with Gasteiger partial charge in [-0.3, -0.25) is 9.78 Å². The van der Waals surface area contributed by atoms with Gasteiger partial charge in [0, 0.05) is 18.0 Å². The molecule has 3 aromatic rings. The Bertz CT molecular complexity index is 976. The minimum Gasteiger partial charge on any atom is -0.462 e. The second kappa shape index (κ2) is 6.71. The van der Waals surface area contributed by atoms with Gasteiger partial charge in [0.25, 0.3) is 5.56 Å². The first-order valence-electron chi connectivity index (χ1n) is 7.24. The van der Waals surface area contributed by atoms with Crippen LogP contribution in [0.25, 0.3) is 10.2 Å². The van der Waals surface area contributed by atoms with Crippen molar-refractivity contribution in [3.63, 3.8) is 0 Å². The van der Waals surface area contributed by atoms with E-state index < -0.39 is 5.97 Å². The van der Waals surface area contributed by atoms with Crippen LogP contribution in [-0.4, -0.2) is 33.4 Å². The van der Waals surface area contributed by atoms with Gasteiger partial charge in [0.15, 0.2) is 0 Å². The molecule has 3 heterocycles. The van der Waals surface area contributed by atoms with Crippen molar-refractivity contribution in [2.45, 2.75) is 13.8 Å². The van der Waals surface area contributed by atoms with E-state index in [2.05, 4.69) is 15.1 Å². The fraction of sp³-hybridized carbons (Fsp3) is 0.188. The molecule has 0 aliphatic carbocycles. The molecule has 8 heteroatoms. The van der Waals surface area contributed by atoms with E-state index in [1.54, 1.807) is 32.3 Å². The lowest BCUT2D eigenvalue weighted by atomic mass is 10.2. The summed E-state index contributed by atoms with van der Waals surface area (Å²) < 4.78 is 6.15. The van der Waals surface area contributed by atoms with Crippen LogP contribution in [0.15, 0.2) is 40.7 Å². The van der Waals surface area contributed by atoms with E-state index >= 15 is 0 Å². The van der Waals surface area contributed by atoms with Crippen LogP contribution in [0.4, 0.5) is 0 Å². The maximum atomic E-state index is 12.6. The number of esters is 1. The van der Waals surface area contributed by atoms with Gasteiger partial charge in [0.05, 0.1) is 18.2 Å². The smallest absolute Gasteiger partial charge is 0.348 e. The predicted molar refractivity (Wildman–Crippen MR) is 91.8 cm³/mol. The first-order valence-corrected chi connectivity index (χ1v) is 8.05. The molecular weight excluding hydrogens is 328 g/mol. The van der Waals surface area contributed by atoms with Crippen molar-refractivity contribution in [3.8, 4) is 0 Å². The number of carbonyl (C=O) groups excluding carboxylic acids is 1. The van der Waals surface area contributed by atoms with Gasteiger partial charge in [-0.1, -0.05) is 6.07 Å². The van der Waals surface area contributed by atoms with Crippen molar-refractivity contribution < 1.29 is 9.53 Å². The molecular formula is C16H14N4O3S. The number of hydrogen-bond acceptors (Lipinski definition) is 7. The Morgan fingerprint density at radius 3 is 3.04 bits per heavy atom. The largest absolute Gasteiger partial charge is 0.462 e. The van der Waals surface area contributed by atoms with E-state index in [1.807, 2.05) is 6.07 Å². The zero-order chi connectivity index (χ0) is 17.1. The number of aryl methyl sites for hydroxylation is 1. The number of thiophene rings is 1. The van der Waals surface area contributed by atoms with Crippen LogP contribution < -0.4 is 5.56 Å². The quantitative estimate of drug-likeness (QED) is 0.536. The molecule has 0 spiro atoms. The lowest BCUT2D eigenvalue weighted by Crippen LogP contribution is -2.17. The molecule has 7 nitrogen and oxygen atoms in total. The molecule has 122 valence electrons. The van der Waals surface area contributed by atoms with E-state index in [-0.39, 0.29) is 12.2 Å². The number of nitrogens with zero attached hydrogens (tertiary/aromatic N) is 4. The van der Waals surface area contributed by atoms with Gasteiger partial charge in [0.1, 0.15) is 16.0 Å². The second-order valence-electron chi connectivity index (χ2n) is 4.88. The zero-order valence-corrected chi connectivity index (χ0v) is 13.9. The van der Waals surface area contributed by atoms with Gasteiger partial charge >= 0.3 is 5.97 Å². The topological polar surface area (TPSA) is 86.4 Å². The molecule has 0 saturated heterocycles. The number of pyridine rings is 1. The second-order valence-corrected chi connectivity index (χ2v) is 5.88.